The summed E-state index contributed by atoms with van der Waals surface area (Å²) in [6, 6.07) is 0. The Labute approximate surface area is 334 Å². The van der Waals surface area contributed by atoms with Crippen molar-refractivity contribution in [3.05, 3.63) is 0 Å². The van der Waals surface area contributed by atoms with Crippen molar-refractivity contribution in [2.45, 2.75) is 260 Å². The standard InChI is InChI=1S/3C9H18.C8H14F2.2C8H16/c3*1-8(2,3)7-9(4)5-6-9;1-7(2,3)4-6-5-8(6,9)10;1-8(2,3)6-7-4-5-7;1-8(2,3)7-5-4-6-7/h3*5-7H2,1-4H3;6H,4-5H2,1-3H3;2*7H,4-6H2,1-3H3. The molecule has 0 N–H and O–H groups in total. The van der Waals surface area contributed by atoms with E-state index in [1.165, 1.54) is 96.3 Å². The predicted molar refractivity (Wildman–Crippen MR) is 235 cm³/mol. The van der Waals surface area contributed by atoms with Crippen molar-refractivity contribution in [2.24, 2.45) is 66.5 Å². The van der Waals surface area contributed by atoms with Crippen molar-refractivity contribution >= 4 is 0 Å². The SMILES string of the molecule is CC(C)(C)C1CCC1.CC(C)(C)CC1(C)CC1.CC(C)(C)CC1(C)CC1.CC(C)(C)CC1(C)CC1.CC(C)(C)CC1CC1.CC(C)(C)CC1CC1(F)F. The van der Waals surface area contributed by atoms with Gasteiger partial charge in [-0.1, -0.05) is 165 Å². The molecule has 6 fully saturated rings. The van der Waals surface area contributed by atoms with Crippen molar-refractivity contribution < 1.29 is 8.78 Å². The summed E-state index contributed by atoms with van der Waals surface area (Å²) in [5.41, 5.74) is 5.08. The lowest BCUT2D eigenvalue weighted by molar-refractivity contribution is 0.0884. The van der Waals surface area contributed by atoms with Gasteiger partial charge in [-0.3, -0.25) is 0 Å². The van der Waals surface area contributed by atoms with Crippen LogP contribution in [0.25, 0.3) is 0 Å². The quantitative estimate of drug-likeness (QED) is 0.262. The third-order valence-electron chi connectivity index (χ3n) is 11.9. The fraction of sp³-hybridized carbons (Fsp3) is 1.00. The lowest BCUT2D eigenvalue weighted by Crippen LogP contribution is -2.26. The molecule has 1 atom stereocenters. The topological polar surface area (TPSA) is 0 Å². The second kappa shape index (κ2) is 18.2. The Kier molecular flexibility index (Phi) is 17.5. The summed E-state index contributed by atoms with van der Waals surface area (Å²) >= 11 is 0. The summed E-state index contributed by atoms with van der Waals surface area (Å²) in [6.45, 7) is 48.2. The third kappa shape index (κ3) is 28.8. The van der Waals surface area contributed by atoms with Gasteiger partial charge >= 0.3 is 0 Å². The van der Waals surface area contributed by atoms with Gasteiger partial charge in [0, 0.05) is 12.3 Å². The second-order valence-corrected chi connectivity index (χ2v) is 27.8. The molecule has 6 aliphatic carbocycles. The monoisotopic (exact) mass is 751 g/mol. The van der Waals surface area contributed by atoms with Crippen molar-refractivity contribution in [3.8, 4) is 0 Å². The highest BCUT2D eigenvalue weighted by molar-refractivity contribution is 4.97. The molecule has 2 heteroatoms. The van der Waals surface area contributed by atoms with Gasteiger partial charge in [-0.05, 0) is 144 Å². The maximum absolute atomic E-state index is 12.3. The van der Waals surface area contributed by atoms with Crippen LogP contribution in [-0.2, 0) is 0 Å². The fourth-order valence-corrected chi connectivity index (χ4v) is 8.70. The summed E-state index contributed by atoms with van der Waals surface area (Å²) < 4.78 is 24.7. The van der Waals surface area contributed by atoms with Gasteiger partial charge in [-0.2, -0.15) is 0 Å². The molecule has 0 bridgehead atoms. The molecule has 0 spiro atoms. The highest BCUT2D eigenvalue weighted by Gasteiger charge is 2.57. The highest BCUT2D eigenvalue weighted by atomic mass is 19.3. The van der Waals surface area contributed by atoms with E-state index in [0.29, 0.717) is 33.5 Å². The maximum atomic E-state index is 12.3. The van der Waals surface area contributed by atoms with E-state index in [0.717, 1.165) is 28.1 Å². The van der Waals surface area contributed by atoms with Gasteiger partial charge in [0.25, 0.3) is 5.92 Å². The molecule has 0 aromatic heterocycles. The van der Waals surface area contributed by atoms with Crippen LogP contribution in [0.5, 0.6) is 0 Å². The minimum Gasteiger partial charge on any atom is -0.207 e. The lowest BCUT2D eigenvalue weighted by Gasteiger charge is -2.37. The Hall–Kier alpha value is -0.140. The first-order valence-corrected chi connectivity index (χ1v) is 22.6. The van der Waals surface area contributed by atoms with E-state index in [2.05, 4.69) is 125 Å². The van der Waals surface area contributed by atoms with Crippen molar-refractivity contribution in [1.82, 2.24) is 0 Å². The Morgan fingerprint density at radius 1 is 0.434 bits per heavy atom. The molecule has 0 heterocycles. The molecule has 6 aliphatic rings. The molecule has 0 nitrogen and oxygen atoms in total. The molecule has 0 aromatic carbocycles. The van der Waals surface area contributed by atoms with Gasteiger partial charge in [0.1, 0.15) is 0 Å². The van der Waals surface area contributed by atoms with Gasteiger partial charge in [0.2, 0.25) is 0 Å². The first kappa shape index (κ1) is 50.9. The third-order valence-corrected chi connectivity index (χ3v) is 11.9. The second-order valence-electron chi connectivity index (χ2n) is 27.8. The van der Waals surface area contributed by atoms with E-state index in [9.17, 15) is 8.78 Å². The van der Waals surface area contributed by atoms with Gasteiger partial charge < -0.3 is 0 Å². The van der Waals surface area contributed by atoms with Crippen LogP contribution >= 0.6 is 0 Å². The first-order chi connectivity index (χ1) is 23.2. The summed E-state index contributed by atoms with van der Waals surface area (Å²) in [5.74, 6) is -0.530. The minimum absolute atomic E-state index is 0.0601. The zero-order valence-corrected chi connectivity index (χ0v) is 40.5. The van der Waals surface area contributed by atoms with E-state index in [-0.39, 0.29) is 17.8 Å². The van der Waals surface area contributed by atoms with Crippen LogP contribution in [0.2, 0.25) is 0 Å². The lowest BCUT2D eigenvalue weighted by atomic mass is 9.69. The average molecular weight is 751 g/mol. The van der Waals surface area contributed by atoms with E-state index in [1.54, 1.807) is 0 Å². The number of hydrogen-bond donors (Lipinski definition) is 0. The fourth-order valence-electron chi connectivity index (χ4n) is 8.70. The molecule has 0 aromatic rings. The van der Waals surface area contributed by atoms with Gasteiger partial charge in [-0.15, -0.1) is 0 Å². The van der Waals surface area contributed by atoms with E-state index >= 15 is 0 Å². The van der Waals surface area contributed by atoms with Crippen LogP contribution in [-0.4, -0.2) is 5.92 Å². The molecule has 1 unspecified atom stereocenters. The number of alkyl halides is 2. The largest absolute Gasteiger partial charge is 0.251 e. The van der Waals surface area contributed by atoms with E-state index in [4.69, 9.17) is 0 Å². The molecule has 0 amide bonds. The molecule has 0 saturated heterocycles. The summed E-state index contributed by atoms with van der Waals surface area (Å²) in [5, 5.41) is 0. The first-order valence-electron chi connectivity index (χ1n) is 22.6. The maximum Gasteiger partial charge on any atom is 0.251 e. The Morgan fingerprint density at radius 2 is 0.717 bits per heavy atom. The Balaban J connectivity index is 0.000000318. The Morgan fingerprint density at radius 3 is 0.774 bits per heavy atom. The summed E-state index contributed by atoms with van der Waals surface area (Å²) in [6.07, 6.45) is 22.6. The van der Waals surface area contributed by atoms with E-state index < -0.39 is 5.92 Å². The van der Waals surface area contributed by atoms with Crippen LogP contribution < -0.4 is 0 Å². The normalized spacial score (nSPS) is 24.6. The molecule has 318 valence electrons. The molecule has 53 heavy (non-hydrogen) atoms. The molecule has 0 radical (unpaired) electrons. The summed E-state index contributed by atoms with van der Waals surface area (Å²) in [4.78, 5) is 0. The molecule has 6 saturated carbocycles. The van der Waals surface area contributed by atoms with Gasteiger partial charge in [0.15, 0.2) is 0 Å². The number of hydrogen-bond acceptors (Lipinski definition) is 0. The van der Waals surface area contributed by atoms with Crippen molar-refractivity contribution in [2.75, 3.05) is 0 Å². The number of halogens is 2. The number of rotatable bonds is 5. The van der Waals surface area contributed by atoms with Crippen LogP contribution in [0.15, 0.2) is 0 Å². The predicted octanol–water partition coefficient (Wildman–Crippen LogP) is 18.4. The molecular weight excluding hydrogens is 651 g/mol. The molecule has 6 rings (SSSR count). The zero-order chi connectivity index (χ0) is 41.8. The highest BCUT2D eigenvalue weighted by Crippen LogP contribution is 2.55. The van der Waals surface area contributed by atoms with E-state index in [1.807, 2.05) is 20.8 Å². The smallest absolute Gasteiger partial charge is 0.207 e. The average Bonchev–Trinajstić information content (AvgIpc) is 3.54. The Bertz CT molecular complexity index is 949. The van der Waals surface area contributed by atoms with Crippen LogP contribution in [0.4, 0.5) is 8.78 Å². The molecule has 0 aliphatic heterocycles. The minimum atomic E-state index is -2.33. The van der Waals surface area contributed by atoms with Crippen LogP contribution in [0.3, 0.4) is 0 Å². The van der Waals surface area contributed by atoms with Crippen LogP contribution in [0, 0.1) is 66.5 Å². The molecular formula is C51H100F2. The van der Waals surface area contributed by atoms with Crippen molar-refractivity contribution in [1.29, 1.82) is 0 Å². The van der Waals surface area contributed by atoms with Gasteiger partial charge in [-0.25, -0.2) is 8.78 Å². The zero-order valence-electron chi connectivity index (χ0n) is 40.5. The summed E-state index contributed by atoms with van der Waals surface area (Å²) in [7, 11) is 0. The van der Waals surface area contributed by atoms with Crippen LogP contribution in [0.1, 0.15) is 255 Å². The van der Waals surface area contributed by atoms with Crippen molar-refractivity contribution in [3.63, 3.8) is 0 Å². The van der Waals surface area contributed by atoms with Gasteiger partial charge in [0.05, 0.1) is 0 Å².